The minimum absolute atomic E-state index is 0.419. The summed E-state index contributed by atoms with van der Waals surface area (Å²) < 4.78 is 0. The van der Waals surface area contributed by atoms with Crippen molar-refractivity contribution in [2.75, 3.05) is 13.1 Å². The van der Waals surface area contributed by atoms with Crippen molar-refractivity contribution in [3.63, 3.8) is 0 Å². The standard InChI is InChI=1S/C10H14ClN3O2/c1-6-2-9(11)13-10(12-6)5-14-3-7(15)8(16)4-14/h2,7-8,15-16H,3-5H2,1H3. The first-order valence-corrected chi connectivity index (χ1v) is 5.51. The molecule has 0 bridgehead atoms. The highest BCUT2D eigenvalue weighted by molar-refractivity contribution is 6.29. The first kappa shape index (κ1) is 11.7. The van der Waals surface area contributed by atoms with Crippen molar-refractivity contribution in [2.24, 2.45) is 0 Å². The Balaban J connectivity index is 2.04. The molecule has 0 radical (unpaired) electrons. The second-order valence-corrected chi connectivity index (χ2v) is 4.46. The number of aliphatic hydroxyl groups excluding tert-OH is 2. The number of likely N-dealkylation sites (tertiary alicyclic amines) is 1. The second-order valence-electron chi connectivity index (χ2n) is 4.08. The lowest BCUT2D eigenvalue weighted by atomic mass is 10.3. The lowest BCUT2D eigenvalue weighted by molar-refractivity contribution is 0.0572. The Morgan fingerprint density at radius 2 is 2.00 bits per heavy atom. The van der Waals surface area contributed by atoms with Crippen LogP contribution in [-0.4, -0.2) is 50.4 Å². The molecule has 0 aliphatic carbocycles. The lowest BCUT2D eigenvalue weighted by Crippen LogP contribution is -2.22. The van der Waals surface area contributed by atoms with E-state index in [0.717, 1.165) is 5.69 Å². The third-order valence-electron chi connectivity index (χ3n) is 2.57. The molecule has 2 unspecified atom stereocenters. The van der Waals surface area contributed by atoms with Gasteiger partial charge in [0.05, 0.1) is 18.8 Å². The fourth-order valence-electron chi connectivity index (χ4n) is 1.84. The minimum atomic E-state index is -0.680. The molecule has 88 valence electrons. The largest absolute Gasteiger partial charge is 0.389 e. The fraction of sp³-hybridized carbons (Fsp3) is 0.600. The van der Waals surface area contributed by atoms with Gasteiger partial charge in [0, 0.05) is 18.8 Å². The molecule has 0 aromatic carbocycles. The van der Waals surface area contributed by atoms with Gasteiger partial charge in [-0.2, -0.15) is 0 Å². The highest BCUT2D eigenvalue weighted by Crippen LogP contribution is 2.14. The van der Waals surface area contributed by atoms with Crippen LogP contribution in [-0.2, 0) is 6.54 Å². The Hall–Kier alpha value is -0.750. The molecule has 1 aromatic heterocycles. The lowest BCUT2D eigenvalue weighted by Gasteiger charge is -2.13. The molecular formula is C10H14ClN3O2. The predicted molar refractivity (Wildman–Crippen MR) is 59.1 cm³/mol. The minimum Gasteiger partial charge on any atom is -0.389 e. The summed E-state index contributed by atoms with van der Waals surface area (Å²) in [6.45, 7) is 3.23. The molecule has 2 N–H and O–H groups in total. The van der Waals surface area contributed by atoms with E-state index in [1.807, 2.05) is 11.8 Å². The number of aromatic nitrogens is 2. The van der Waals surface area contributed by atoms with E-state index in [9.17, 15) is 10.2 Å². The zero-order valence-electron chi connectivity index (χ0n) is 8.97. The number of hydrogen-bond donors (Lipinski definition) is 2. The van der Waals surface area contributed by atoms with E-state index in [-0.39, 0.29) is 0 Å². The Bertz CT molecular complexity index is 358. The molecule has 6 heteroatoms. The predicted octanol–water partition coefficient (Wildman–Crippen LogP) is -0.0242. The van der Waals surface area contributed by atoms with Gasteiger partial charge in [-0.15, -0.1) is 0 Å². The van der Waals surface area contributed by atoms with Crippen molar-refractivity contribution in [1.29, 1.82) is 0 Å². The maximum atomic E-state index is 9.40. The average molecular weight is 244 g/mol. The van der Waals surface area contributed by atoms with Gasteiger partial charge in [0.1, 0.15) is 11.0 Å². The SMILES string of the molecule is Cc1cc(Cl)nc(CN2CC(O)C(O)C2)n1. The number of rotatable bonds is 2. The summed E-state index contributed by atoms with van der Waals surface area (Å²) in [5.41, 5.74) is 0.815. The van der Waals surface area contributed by atoms with Gasteiger partial charge < -0.3 is 10.2 Å². The van der Waals surface area contributed by atoms with Crippen molar-refractivity contribution in [3.8, 4) is 0 Å². The van der Waals surface area contributed by atoms with E-state index < -0.39 is 12.2 Å². The maximum absolute atomic E-state index is 9.40. The summed E-state index contributed by atoms with van der Waals surface area (Å²) >= 11 is 5.82. The molecule has 1 fully saturated rings. The number of hydrogen-bond acceptors (Lipinski definition) is 5. The van der Waals surface area contributed by atoms with Gasteiger partial charge in [0.2, 0.25) is 0 Å². The molecule has 1 aromatic rings. The summed E-state index contributed by atoms with van der Waals surface area (Å²) in [6.07, 6.45) is -1.36. The first-order valence-electron chi connectivity index (χ1n) is 5.13. The van der Waals surface area contributed by atoms with Crippen LogP contribution in [0, 0.1) is 6.92 Å². The topological polar surface area (TPSA) is 69.5 Å². The summed E-state index contributed by atoms with van der Waals surface area (Å²) in [6, 6.07) is 1.69. The van der Waals surface area contributed by atoms with Crippen LogP contribution in [0.3, 0.4) is 0 Å². The van der Waals surface area contributed by atoms with Crippen LogP contribution in [0.1, 0.15) is 11.5 Å². The molecule has 1 saturated heterocycles. The van der Waals surface area contributed by atoms with Crippen LogP contribution in [0.2, 0.25) is 5.15 Å². The van der Waals surface area contributed by atoms with Gasteiger partial charge >= 0.3 is 0 Å². The number of β-amino-alcohol motifs (C(OH)–C–C–N with tert-alkyl or cyclic N) is 2. The molecule has 2 rings (SSSR count). The molecule has 0 spiro atoms. The van der Waals surface area contributed by atoms with Crippen LogP contribution in [0.5, 0.6) is 0 Å². The van der Waals surface area contributed by atoms with Crippen LogP contribution in [0.15, 0.2) is 6.07 Å². The highest BCUT2D eigenvalue weighted by Gasteiger charge is 2.29. The van der Waals surface area contributed by atoms with Crippen LogP contribution >= 0.6 is 11.6 Å². The summed E-state index contributed by atoms with van der Waals surface area (Å²) in [5.74, 6) is 0.617. The van der Waals surface area contributed by atoms with E-state index in [1.165, 1.54) is 0 Å². The van der Waals surface area contributed by atoms with Gasteiger partial charge in [-0.05, 0) is 13.0 Å². The first-order chi connectivity index (χ1) is 7.54. The third-order valence-corrected chi connectivity index (χ3v) is 2.76. The quantitative estimate of drug-likeness (QED) is 0.715. The number of halogens is 1. The molecule has 1 aliphatic rings. The van der Waals surface area contributed by atoms with Gasteiger partial charge in [-0.3, -0.25) is 4.90 Å². The van der Waals surface area contributed by atoms with E-state index in [0.29, 0.717) is 30.6 Å². The van der Waals surface area contributed by atoms with E-state index in [4.69, 9.17) is 11.6 Å². The van der Waals surface area contributed by atoms with Crippen LogP contribution < -0.4 is 0 Å². The van der Waals surface area contributed by atoms with Crippen LogP contribution in [0.25, 0.3) is 0 Å². The second kappa shape index (κ2) is 4.63. The molecule has 5 nitrogen and oxygen atoms in total. The smallest absolute Gasteiger partial charge is 0.144 e. The zero-order chi connectivity index (χ0) is 11.7. The maximum Gasteiger partial charge on any atom is 0.144 e. The Morgan fingerprint density at radius 1 is 1.38 bits per heavy atom. The number of aryl methyl sites for hydroxylation is 1. The van der Waals surface area contributed by atoms with Crippen molar-refractivity contribution < 1.29 is 10.2 Å². The van der Waals surface area contributed by atoms with E-state index in [2.05, 4.69) is 9.97 Å². The molecule has 1 aliphatic heterocycles. The zero-order valence-corrected chi connectivity index (χ0v) is 9.72. The average Bonchev–Trinajstić information content (AvgIpc) is 2.43. The van der Waals surface area contributed by atoms with Crippen LogP contribution in [0.4, 0.5) is 0 Å². The van der Waals surface area contributed by atoms with Crippen molar-refractivity contribution in [1.82, 2.24) is 14.9 Å². The summed E-state index contributed by atoms with van der Waals surface area (Å²) in [5, 5.41) is 19.2. The van der Waals surface area contributed by atoms with E-state index in [1.54, 1.807) is 6.07 Å². The molecule has 2 heterocycles. The van der Waals surface area contributed by atoms with Gasteiger partial charge in [0.15, 0.2) is 0 Å². The van der Waals surface area contributed by atoms with Gasteiger partial charge in [-0.1, -0.05) is 11.6 Å². The molecule has 16 heavy (non-hydrogen) atoms. The number of aliphatic hydroxyl groups is 2. The monoisotopic (exact) mass is 243 g/mol. The third kappa shape index (κ3) is 2.68. The van der Waals surface area contributed by atoms with Gasteiger partial charge in [-0.25, -0.2) is 9.97 Å². The fourth-order valence-corrected chi connectivity index (χ4v) is 2.09. The normalized spacial score (nSPS) is 26.2. The molecule has 0 amide bonds. The Labute approximate surface area is 98.7 Å². The van der Waals surface area contributed by atoms with Crippen molar-refractivity contribution in [3.05, 3.63) is 22.7 Å². The highest BCUT2D eigenvalue weighted by atomic mass is 35.5. The summed E-state index contributed by atoms with van der Waals surface area (Å²) in [7, 11) is 0. The molecular weight excluding hydrogens is 230 g/mol. The van der Waals surface area contributed by atoms with E-state index >= 15 is 0 Å². The number of nitrogens with zero attached hydrogens (tertiary/aromatic N) is 3. The summed E-state index contributed by atoms with van der Waals surface area (Å²) in [4.78, 5) is 10.2. The molecule has 0 saturated carbocycles. The van der Waals surface area contributed by atoms with Crippen molar-refractivity contribution >= 4 is 11.6 Å². The van der Waals surface area contributed by atoms with Gasteiger partial charge in [0.25, 0.3) is 0 Å². The Kier molecular flexibility index (Phi) is 3.39. The Morgan fingerprint density at radius 3 is 2.56 bits per heavy atom. The molecule has 2 atom stereocenters. The van der Waals surface area contributed by atoms with Crippen molar-refractivity contribution in [2.45, 2.75) is 25.7 Å².